The van der Waals surface area contributed by atoms with Crippen molar-refractivity contribution in [2.24, 2.45) is 0 Å². The zero-order chi connectivity index (χ0) is 14.9. The van der Waals surface area contributed by atoms with Gasteiger partial charge in [0, 0.05) is 30.2 Å². The summed E-state index contributed by atoms with van der Waals surface area (Å²) in [5.41, 5.74) is 2.66. The Morgan fingerprint density at radius 3 is 2.91 bits per heavy atom. The number of nitrogens with one attached hydrogen (secondary N) is 1. The standard InChI is InChI=1S/C17H23N5/c1-12-20-14-7-3-2-6-13(14)17(21-12)22-11-5-4-8-15(22)16-18-9-10-19-16/h9-10,15H,2-8,11H2,1H3,(H,18,19). The number of aryl methyl sites for hydroxylation is 2. The van der Waals surface area contributed by atoms with E-state index in [1.165, 1.54) is 42.8 Å². The van der Waals surface area contributed by atoms with Crippen molar-refractivity contribution in [3.63, 3.8) is 0 Å². The third-order valence-electron chi connectivity index (χ3n) is 4.88. The van der Waals surface area contributed by atoms with E-state index in [0.29, 0.717) is 6.04 Å². The van der Waals surface area contributed by atoms with Gasteiger partial charge < -0.3 is 9.88 Å². The zero-order valence-corrected chi connectivity index (χ0v) is 13.2. The Balaban J connectivity index is 1.77. The highest BCUT2D eigenvalue weighted by atomic mass is 15.2. The number of fused-ring (bicyclic) bond motifs is 1. The van der Waals surface area contributed by atoms with Crippen molar-refractivity contribution >= 4 is 5.82 Å². The molecule has 2 aromatic rings. The fourth-order valence-electron chi connectivity index (χ4n) is 3.86. The zero-order valence-electron chi connectivity index (χ0n) is 13.2. The Labute approximate surface area is 131 Å². The average molecular weight is 297 g/mol. The van der Waals surface area contributed by atoms with Crippen LogP contribution in [0.4, 0.5) is 5.82 Å². The average Bonchev–Trinajstić information content (AvgIpc) is 3.08. The summed E-state index contributed by atoms with van der Waals surface area (Å²) in [4.78, 5) is 19.8. The van der Waals surface area contributed by atoms with Gasteiger partial charge in [-0.3, -0.25) is 0 Å². The number of aromatic amines is 1. The van der Waals surface area contributed by atoms with E-state index in [4.69, 9.17) is 9.97 Å². The maximum atomic E-state index is 4.84. The van der Waals surface area contributed by atoms with Crippen LogP contribution in [-0.4, -0.2) is 26.5 Å². The van der Waals surface area contributed by atoms with Gasteiger partial charge in [0.05, 0.1) is 6.04 Å². The van der Waals surface area contributed by atoms with Crippen molar-refractivity contribution in [1.82, 2.24) is 19.9 Å². The first-order chi connectivity index (χ1) is 10.8. The van der Waals surface area contributed by atoms with Crippen LogP contribution in [0.1, 0.15) is 61.1 Å². The largest absolute Gasteiger partial charge is 0.347 e. The first-order valence-corrected chi connectivity index (χ1v) is 8.45. The van der Waals surface area contributed by atoms with Gasteiger partial charge in [-0.05, 0) is 51.9 Å². The number of piperidine rings is 1. The summed E-state index contributed by atoms with van der Waals surface area (Å²) in [7, 11) is 0. The van der Waals surface area contributed by atoms with Crippen LogP contribution in [-0.2, 0) is 12.8 Å². The molecule has 0 saturated carbocycles. The second-order valence-corrected chi connectivity index (χ2v) is 6.41. The van der Waals surface area contributed by atoms with E-state index in [-0.39, 0.29) is 0 Å². The van der Waals surface area contributed by atoms with Gasteiger partial charge in [-0.2, -0.15) is 0 Å². The second-order valence-electron chi connectivity index (χ2n) is 6.41. The number of rotatable bonds is 2. The van der Waals surface area contributed by atoms with E-state index < -0.39 is 0 Å². The molecule has 3 heterocycles. The van der Waals surface area contributed by atoms with Crippen molar-refractivity contribution in [3.05, 3.63) is 35.3 Å². The molecule has 1 saturated heterocycles. The van der Waals surface area contributed by atoms with Crippen LogP contribution in [0.2, 0.25) is 0 Å². The Morgan fingerprint density at radius 2 is 2.05 bits per heavy atom. The molecule has 2 aliphatic rings. The van der Waals surface area contributed by atoms with Crippen LogP contribution < -0.4 is 4.90 Å². The quantitative estimate of drug-likeness (QED) is 0.925. The number of aromatic nitrogens is 4. The molecule has 1 atom stereocenters. The summed E-state index contributed by atoms with van der Waals surface area (Å²) in [6, 6.07) is 0.323. The van der Waals surface area contributed by atoms with Gasteiger partial charge in [-0.1, -0.05) is 0 Å². The summed E-state index contributed by atoms with van der Waals surface area (Å²) in [6.45, 7) is 3.08. The molecule has 4 rings (SSSR count). The topological polar surface area (TPSA) is 57.7 Å². The van der Waals surface area contributed by atoms with E-state index in [9.17, 15) is 0 Å². The lowest BCUT2D eigenvalue weighted by atomic mass is 9.94. The number of imidazole rings is 1. The van der Waals surface area contributed by atoms with Gasteiger partial charge in [-0.15, -0.1) is 0 Å². The molecule has 1 N–H and O–H groups in total. The molecular formula is C17H23N5. The molecular weight excluding hydrogens is 274 g/mol. The van der Waals surface area contributed by atoms with Crippen LogP contribution in [0.3, 0.4) is 0 Å². The number of hydrogen-bond acceptors (Lipinski definition) is 4. The van der Waals surface area contributed by atoms with Crippen molar-refractivity contribution < 1.29 is 0 Å². The highest BCUT2D eigenvalue weighted by Gasteiger charge is 2.30. The summed E-state index contributed by atoms with van der Waals surface area (Å²) in [6.07, 6.45) is 12.1. The molecule has 5 nitrogen and oxygen atoms in total. The fraction of sp³-hybridized carbons (Fsp3) is 0.588. The Bertz CT molecular complexity index is 649. The maximum Gasteiger partial charge on any atom is 0.136 e. The van der Waals surface area contributed by atoms with Crippen LogP contribution in [0, 0.1) is 6.92 Å². The summed E-state index contributed by atoms with van der Waals surface area (Å²) in [5, 5.41) is 0. The lowest BCUT2D eigenvalue weighted by Gasteiger charge is -2.37. The van der Waals surface area contributed by atoms with Crippen molar-refractivity contribution in [2.75, 3.05) is 11.4 Å². The van der Waals surface area contributed by atoms with Gasteiger partial charge in [0.25, 0.3) is 0 Å². The number of anilines is 1. The van der Waals surface area contributed by atoms with Gasteiger partial charge in [0.1, 0.15) is 17.5 Å². The Hall–Kier alpha value is -1.91. The van der Waals surface area contributed by atoms with E-state index in [0.717, 1.165) is 37.5 Å². The van der Waals surface area contributed by atoms with Crippen molar-refractivity contribution in [1.29, 1.82) is 0 Å². The highest BCUT2D eigenvalue weighted by Crippen LogP contribution is 2.36. The van der Waals surface area contributed by atoms with E-state index >= 15 is 0 Å². The molecule has 0 radical (unpaired) electrons. The Morgan fingerprint density at radius 1 is 1.14 bits per heavy atom. The molecule has 1 unspecified atom stereocenters. The normalized spacial score (nSPS) is 21.7. The smallest absolute Gasteiger partial charge is 0.136 e. The minimum Gasteiger partial charge on any atom is -0.347 e. The van der Waals surface area contributed by atoms with Crippen LogP contribution in [0.15, 0.2) is 12.4 Å². The molecule has 0 bridgehead atoms. The van der Waals surface area contributed by atoms with Crippen molar-refractivity contribution in [3.8, 4) is 0 Å². The molecule has 2 aromatic heterocycles. The van der Waals surface area contributed by atoms with E-state index in [1.54, 1.807) is 0 Å². The maximum absolute atomic E-state index is 4.84. The summed E-state index contributed by atoms with van der Waals surface area (Å²) in [5.74, 6) is 3.14. The lowest BCUT2D eigenvalue weighted by molar-refractivity contribution is 0.452. The number of H-pyrrole nitrogens is 1. The second kappa shape index (κ2) is 5.71. The minimum absolute atomic E-state index is 0.323. The molecule has 5 heteroatoms. The molecule has 0 spiro atoms. The molecule has 1 aliphatic heterocycles. The van der Waals surface area contributed by atoms with Crippen molar-refractivity contribution in [2.45, 2.75) is 57.9 Å². The van der Waals surface area contributed by atoms with Crippen LogP contribution >= 0.6 is 0 Å². The minimum atomic E-state index is 0.323. The highest BCUT2D eigenvalue weighted by molar-refractivity contribution is 5.52. The monoisotopic (exact) mass is 297 g/mol. The van der Waals surface area contributed by atoms with Crippen LogP contribution in [0.5, 0.6) is 0 Å². The first kappa shape index (κ1) is 13.7. The fourth-order valence-corrected chi connectivity index (χ4v) is 3.86. The summed E-state index contributed by atoms with van der Waals surface area (Å²) >= 11 is 0. The Kier molecular flexibility index (Phi) is 3.56. The number of hydrogen-bond donors (Lipinski definition) is 1. The summed E-state index contributed by atoms with van der Waals surface area (Å²) < 4.78 is 0. The predicted octanol–water partition coefficient (Wildman–Crippen LogP) is 3.12. The molecule has 0 amide bonds. The lowest BCUT2D eigenvalue weighted by Crippen LogP contribution is -2.36. The van der Waals surface area contributed by atoms with E-state index in [1.807, 2.05) is 19.3 Å². The molecule has 0 aromatic carbocycles. The third-order valence-corrected chi connectivity index (χ3v) is 4.88. The van der Waals surface area contributed by atoms with Gasteiger partial charge in [0.15, 0.2) is 0 Å². The van der Waals surface area contributed by atoms with E-state index in [2.05, 4.69) is 14.9 Å². The predicted molar refractivity (Wildman–Crippen MR) is 85.9 cm³/mol. The first-order valence-electron chi connectivity index (χ1n) is 8.45. The molecule has 22 heavy (non-hydrogen) atoms. The van der Waals surface area contributed by atoms with Gasteiger partial charge in [-0.25, -0.2) is 15.0 Å². The molecule has 1 aliphatic carbocycles. The van der Waals surface area contributed by atoms with Gasteiger partial charge >= 0.3 is 0 Å². The third kappa shape index (κ3) is 2.38. The molecule has 116 valence electrons. The SMILES string of the molecule is Cc1nc2c(c(N3CCCCC3c3ncc[nH]3)n1)CCCC2. The van der Waals surface area contributed by atoms with Gasteiger partial charge in [0.2, 0.25) is 0 Å². The molecule has 1 fully saturated rings. The number of nitrogens with zero attached hydrogens (tertiary/aromatic N) is 4. The van der Waals surface area contributed by atoms with Crippen LogP contribution in [0.25, 0.3) is 0 Å².